The summed E-state index contributed by atoms with van der Waals surface area (Å²) in [6.07, 6.45) is 0. The molecule has 0 saturated heterocycles. The zero-order valence-corrected chi connectivity index (χ0v) is 5.93. The number of methoxy groups -OCH3 is 1. The lowest BCUT2D eigenvalue weighted by Crippen LogP contribution is -2.42. The number of nitrogens with one attached hydrogen (secondary N) is 2. The van der Waals surface area contributed by atoms with Gasteiger partial charge in [0.05, 0.1) is 0 Å². The fourth-order valence-corrected chi connectivity index (χ4v) is 0.325. The van der Waals surface area contributed by atoms with Crippen molar-refractivity contribution < 1.29 is 14.3 Å². The monoisotopic (exact) mass is 146 g/mol. The van der Waals surface area contributed by atoms with E-state index >= 15 is 0 Å². The summed E-state index contributed by atoms with van der Waals surface area (Å²) in [6.45, 7) is 1.24. The highest BCUT2D eigenvalue weighted by Gasteiger charge is 1.97. The van der Waals surface area contributed by atoms with Gasteiger partial charge in [0, 0.05) is 14.0 Å². The SMILES string of the molecule is COCC(=O)NNC(C)=O. The first-order valence-corrected chi connectivity index (χ1v) is 2.71. The van der Waals surface area contributed by atoms with Gasteiger partial charge in [-0.25, -0.2) is 0 Å². The molecule has 5 nitrogen and oxygen atoms in total. The van der Waals surface area contributed by atoms with E-state index in [0.717, 1.165) is 0 Å². The Labute approximate surface area is 58.7 Å². The van der Waals surface area contributed by atoms with Crippen LogP contribution in [0.2, 0.25) is 0 Å². The third-order valence-electron chi connectivity index (χ3n) is 0.653. The fourth-order valence-electron chi connectivity index (χ4n) is 0.325. The van der Waals surface area contributed by atoms with Gasteiger partial charge in [-0.3, -0.25) is 20.4 Å². The van der Waals surface area contributed by atoms with Crippen molar-refractivity contribution >= 4 is 11.8 Å². The molecule has 0 atom stereocenters. The first-order valence-electron chi connectivity index (χ1n) is 2.71. The molecule has 0 aliphatic heterocycles. The van der Waals surface area contributed by atoms with Gasteiger partial charge in [-0.05, 0) is 0 Å². The summed E-state index contributed by atoms with van der Waals surface area (Å²) >= 11 is 0. The molecule has 0 aromatic carbocycles. The largest absolute Gasteiger partial charge is 0.375 e. The van der Waals surface area contributed by atoms with E-state index in [1.165, 1.54) is 14.0 Å². The Morgan fingerprint density at radius 2 is 2.00 bits per heavy atom. The van der Waals surface area contributed by atoms with E-state index in [1.54, 1.807) is 0 Å². The first kappa shape index (κ1) is 8.90. The second-order valence-electron chi connectivity index (χ2n) is 1.66. The molecule has 0 aromatic rings. The van der Waals surface area contributed by atoms with Crippen molar-refractivity contribution in [3.8, 4) is 0 Å². The minimum Gasteiger partial charge on any atom is -0.375 e. The van der Waals surface area contributed by atoms with Gasteiger partial charge >= 0.3 is 0 Å². The number of ether oxygens (including phenoxy) is 1. The molecule has 10 heavy (non-hydrogen) atoms. The molecule has 5 heteroatoms. The lowest BCUT2D eigenvalue weighted by atomic mass is 10.7. The van der Waals surface area contributed by atoms with Crippen molar-refractivity contribution in [1.29, 1.82) is 0 Å². The van der Waals surface area contributed by atoms with Gasteiger partial charge in [0.25, 0.3) is 5.91 Å². The van der Waals surface area contributed by atoms with Crippen LogP contribution in [0.4, 0.5) is 0 Å². The number of rotatable bonds is 2. The molecule has 0 spiro atoms. The molecule has 0 fully saturated rings. The van der Waals surface area contributed by atoms with E-state index in [0.29, 0.717) is 0 Å². The number of carbonyl (C=O) groups excluding carboxylic acids is 2. The van der Waals surface area contributed by atoms with Crippen LogP contribution in [-0.4, -0.2) is 25.5 Å². The van der Waals surface area contributed by atoms with Crippen LogP contribution < -0.4 is 10.9 Å². The van der Waals surface area contributed by atoms with Crippen molar-refractivity contribution in [1.82, 2.24) is 10.9 Å². The highest BCUT2D eigenvalue weighted by Crippen LogP contribution is 1.65. The fraction of sp³-hybridized carbons (Fsp3) is 0.600. The molecule has 0 heterocycles. The Hall–Kier alpha value is -1.10. The molecule has 0 aliphatic rings. The van der Waals surface area contributed by atoms with E-state index in [9.17, 15) is 9.59 Å². The van der Waals surface area contributed by atoms with Gasteiger partial charge in [0.15, 0.2) is 0 Å². The summed E-state index contributed by atoms with van der Waals surface area (Å²) < 4.78 is 4.47. The standard InChI is InChI=1S/C5H10N2O3/c1-4(8)6-7-5(9)3-10-2/h3H2,1-2H3,(H,6,8)(H,7,9). The molecule has 0 aromatic heterocycles. The van der Waals surface area contributed by atoms with Gasteiger partial charge in [-0.1, -0.05) is 0 Å². The summed E-state index contributed by atoms with van der Waals surface area (Å²) in [5.41, 5.74) is 4.23. The number of hydrazine groups is 1. The van der Waals surface area contributed by atoms with E-state index < -0.39 is 0 Å². The second-order valence-corrected chi connectivity index (χ2v) is 1.66. The molecule has 0 bridgehead atoms. The maximum Gasteiger partial charge on any atom is 0.264 e. The summed E-state index contributed by atoms with van der Waals surface area (Å²) in [5, 5.41) is 0. The molecule has 2 N–H and O–H groups in total. The second kappa shape index (κ2) is 4.75. The summed E-state index contributed by atoms with van der Waals surface area (Å²) in [6, 6.07) is 0. The van der Waals surface area contributed by atoms with Gasteiger partial charge in [-0.2, -0.15) is 0 Å². The van der Waals surface area contributed by atoms with Crippen LogP contribution in [0.3, 0.4) is 0 Å². The van der Waals surface area contributed by atoms with Crippen LogP contribution in [-0.2, 0) is 14.3 Å². The van der Waals surface area contributed by atoms with Crippen molar-refractivity contribution in [2.24, 2.45) is 0 Å². The normalized spacial score (nSPS) is 8.60. The van der Waals surface area contributed by atoms with Gasteiger partial charge < -0.3 is 4.74 Å². The highest BCUT2D eigenvalue weighted by atomic mass is 16.5. The highest BCUT2D eigenvalue weighted by molar-refractivity contribution is 5.81. The lowest BCUT2D eigenvalue weighted by Gasteiger charge is -2.02. The predicted molar refractivity (Wildman–Crippen MR) is 33.8 cm³/mol. The Morgan fingerprint density at radius 1 is 1.40 bits per heavy atom. The molecule has 0 radical (unpaired) electrons. The third-order valence-corrected chi connectivity index (χ3v) is 0.653. The van der Waals surface area contributed by atoms with Gasteiger partial charge in [0.1, 0.15) is 6.61 Å². The number of hydrogen-bond acceptors (Lipinski definition) is 3. The molecule has 0 aliphatic carbocycles. The average Bonchev–Trinajstić information content (AvgIpc) is 1.85. The quantitative estimate of drug-likeness (QED) is 0.481. The van der Waals surface area contributed by atoms with Crippen LogP contribution in [0.15, 0.2) is 0 Å². The minimum absolute atomic E-state index is 0.0553. The van der Waals surface area contributed by atoms with Gasteiger partial charge in [0.2, 0.25) is 5.91 Å². The Balaban J connectivity index is 3.30. The average molecular weight is 146 g/mol. The number of hydrogen-bond donors (Lipinski definition) is 2. The van der Waals surface area contributed by atoms with Crippen LogP contribution in [0.1, 0.15) is 6.92 Å². The molecular formula is C5H10N2O3. The molecule has 0 rings (SSSR count). The molecule has 0 unspecified atom stereocenters. The topological polar surface area (TPSA) is 67.4 Å². The van der Waals surface area contributed by atoms with E-state index in [1.807, 2.05) is 0 Å². The van der Waals surface area contributed by atoms with E-state index in [4.69, 9.17) is 0 Å². The maximum absolute atomic E-state index is 10.5. The summed E-state index contributed by atoms with van der Waals surface area (Å²) in [5.74, 6) is -0.692. The predicted octanol–water partition coefficient (Wildman–Crippen LogP) is -1.20. The lowest BCUT2D eigenvalue weighted by molar-refractivity contribution is -0.130. The zero-order chi connectivity index (χ0) is 7.98. The number of amides is 2. The maximum atomic E-state index is 10.5. The van der Waals surface area contributed by atoms with Crippen molar-refractivity contribution in [2.45, 2.75) is 6.92 Å². The van der Waals surface area contributed by atoms with Crippen molar-refractivity contribution in [3.05, 3.63) is 0 Å². The Kier molecular flexibility index (Phi) is 4.23. The van der Waals surface area contributed by atoms with Crippen LogP contribution in [0.25, 0.3) is 0 Å². The van der Waals surface area contributed by atoms with E-state index in [2.05, 4.69) is 15.6 Å². The smallest absolute Gasteiger partial charge is 0.264 e. The summed E-state index contributed by atoms with van der Waals surface area (Å²) in [7, 11) is 1.40. The van der Waals surface area contributed by atoms with Gasteiger partial charge in [-0.15, -0.1) is 0 Å². The molecular weight excluding hydrogens is 136 g/mol. The summed E-state index contributed by atoms with van der Waals surface area (Å²) in [4.78, 5) is 20.7. The third kappa shape index (κ3) is 5.04. The van der Waals surface area contributed by atoms with Crippen LogP contribution in [0.5, 0.6) is 0 Å². The minimum atomic E-state index is -0.377. The molecule has 0 saturated carbocycles. The van der Waals surface area contributed by atoms with Crippen molar-refractivity contribution in [3.63, 3.8) is 0 Å². The molecule has 2 amide bonds. The molecule has 58 valence electrons. The zero-order valence-electron chi connectivity index (χ0n) is 5.93. The van der Waals surface area contributed by atoms with Crippen LogP contribution >= 0.6 is 0 Å². The number of carbonyl (C=O) groups is 2. The van der Waals surface area contributed by atoms with Crippen LogP contribution in [0, 0.1) is 0 Å². The first-order chi connectivity index (χ1) is 4.66. The Bertz CT molecular complexity index is 135. The van der Waals surface area contributed by atoms with E-state index in [-0.39, 0.29) is 18.4 Å². The van der Waals surface area contributed by atoms with Crippen molar-refractivity contribution in [2.75, 3.05) is 13.7 Å². The Morgan fingerprint density at radius 3 is 2.40 bits per heavy atom.